The van der Waals surface area contributed by atoms with E-state index in [9.17, 15) is 0 Å². The zero-order valence-electron chi connectivity index (χ0n) is 29.6. The third-order valence-corrected chi connectivity index (χ3v) is 12.2. The second-order valence-corrected chi connectivity index (χ2v) is 15.0. The largest absolute Gasteiger partial charge is 0.228 e. The summed E-state index contributed by atoms with van der Waals surface area (Å²) in [6, 6.07) is 44.5. The molecule has 0 fully saturated rings. The highest BCUT2D eigenvalue weighted by Gasteiger charge is 2.53. The van der Waals surface area contributed by atoms with E-state index in [4.69, 9.17) is 9.97 Å². The Morgan fingerprint density at radius 3 is 2.15 bits per heavy atom. The Kier molecular flexibility index (Phi) is 6.89. The standard InChI is InChI=1S/C51H38N2/c1-2-12-33(13-3-1)35-22-25-36(26-23-35)48-32-49(53-50(52-48)39-27-24-34-14-4-5-15-37(34)30-39)38-28-29-43-42-18-8-11-21-46(42)51(47(43)31-38)44-19-9-6-16-40(44)41-17-7-10-20-45(41)51/h1-7,9,11-17,19,21-22,24-25,27-32H,8,10,18,20,23,26H2. The molecule has 0 saturated carbocycles. The Morgan fingerprint density at radius 1 is 0.491 bits per heavy atom. The molecule has 252 valence electrons. The van der Waals surface area contributed by atoms with Crippen molar-refractivity contribution in [1.82, 2.24) is 9.97 Å². The molecule has 0 amide bonds. The minimum absolute atomic E-state index is 0.268. The van der Waals surface area contributed by atoms with Gasteiger partial charge in [-0.3, -0.25) is 0 Å². The predicted octanol–water partition coefficient (Wildman–Crippen LogP) is 12.7. The van der Waals surface area contributed by atoms with Crippen LogP contribution in [0, 0.1) is 0 Å². The number of benzene rings is 5. The molecule has 0 radical (unpaired) electrons. The third-order valence-electron chi connectivity index (χ3n) is 12.2. The number of hydrogen-bond donors (Lipinski definition) is 0. The van der Waals surface area contributed by atoms with Crippen LogP contribution in [-0.4, -0.2) is 9.97 Å². The van der Waals surface area contributed by atoms with Gasteiger partial charge in [-0.15, -0.1) is 0 Å². The number of aromatic nitrogens is 2. The van der Waals surface area contributed by atoms with E-state index in [-0.39, 0.29) is 5.41 Å². The Labute approximate surface area is 311 Å². The molecule has 1 spiro atoms. The lowest BCUT2D eigenvalue weighted by Crippen LogP contribution is -2.29. The minimum atomic E-state index is -0.268. The van der Waals surface area contributed by atoms with Crippen LogP contribution in [0.3, 0.4) is 0 Å². The van der Waals surface area contributed by atoms with Crippen molar-refractivity contribution in [1.29, 1.82) is 0 Å². The van der Waals surface area contributed by atoms with Crippen LogP contribution < -0.4 is 0 Å². The van der Waals surface area contributed by atoms with Gasteiger partial charge < -0.3 is 0 Å². The molecule has 6 aromatic rings. The highest BCUT2D eigenvalue weighted by molar-refractivity contribution is 5.98. The predicted molar refractivity (Wildman–Crippen MR) is 220 cm³/mol. The van der Waals surface area contributed by atoms with Crippen molar-refractivity contribution in [2.24, 2.45) is 0 Å². The van der Waals surface area contributed by atoms with Crippen molar-refractivity contribution >= 4 is 33.1 Å². The van der Waals surface area contributed by atoms with Gasteiger partial charge in [0.05, 0.1) is 16.8 Å². The summed E-state index contributed by atoms with van der Waals surface area (Å²) in [4.78, 5) is 10.7. The van der Waals surface area contributed by atoms with Gasteiger partial charge in [-0.05, 0) is 129 Å². The van der Waals surface area contributed by atoms with Crippen molar-refractivity contribution < 1.29 is 0 Å². The Bertz CT molecular complexity index is 2710. The number of allylic oxidation sites excluding steroid dienone is 12. The summed E-state index contributed by atoms with van der Waals surface area (Å²) in [6.07, 6.45) is 20.4. The van der Waals surface area contributed by atoms with Crippen LogP contribution in [0.15, 0.2) is 169 Å². The number of rotatable bonds is 4. The lowest BCUT2D eigenvalue weighted by Gasteiger charge is -2.35. The smallest absolute Gasteiger partial charge is 0.160 e. The van der Waals surface area contributed by atoms with E-state index >= 15 is 0 Å². The van der Waals surface area contributed by atoms with E-state index in [1.54, 1.807) is 5.57 Å². The van der Waals surface area contributed by atoms with Crippen LogP contribution in [0.5, 0.6) is 0 Å². The maximum absolute atomic E-state index is 5.39. The molecular weight excluding hydrogens is 641 g/mol. The summed E-state index contributed by atoms with van der Waals surface area (Å²) < 4.78 is 0. The molecule has 5 aliphatic rings. The van der Waals surface area contributed by atoms with Crippen LogP contribution in [-0.2, 0) is 5.41 Å². The van der Waals surface area contributed by atoms with E-state index < -0.39 is 0 Å². The first-order valence-corrected chi connectivity index (χ1v) is 19.1. The summed E-state index contributed by atoms with van der Waals surface area (Å²) in [5.41, 5.74) is 19.4. The molecule has 1 unspecified atom stereocenters. The van der Waals surface area contributed by atoms with E-state index in [2.05, 4.69) is 158 Å². The summed E-state index contributed by atoms with van der Waals surface area (Å²) in [6.45, 7) is 0. The average molecular weight is 679 g/mol. The molecule has 0 N–H and O–H groups in total. The quantitative estimate of drug-likeness (QED) is 0.185. The van der Waals surface area contributed by atoms with Gasteiger partial charge in [0.15, 0.2) is 5.82 Å². The van der Waals surface area contributed by atoms with Crippen molar-refractivity contribution in [3.63, 3.8) is 0 Å². The number of nitrogens with zero attached hydrogens (tertiary/aromatic N) is 2. The molecule has 1 atom stereocenters. The maximum atomic E-state index is 5.39. The molecule has 0 bridgehead atoms. The first kappa shape index (κ1) is 30.5. The molecule has 2 nitrogen and oxygen atoms in total. The molecule has 5 aliphatic carbocycles. The van der Waals surface area contributed by atoms with Gasteiger partial charge in [0.25, 0.3) is 0 Å². The van der Waals surface area contributed by atoms with Gasteiger partial charge in [-0.25, -0.2) is 9.97 Å². The van der Waals surface area contributed by atoms with Crippen LogP contribution in [0.4, 0.5) is 0 Å². The average Bonchev–Trinajstić information content (AvgIpc) is 3.71. The van der Waals surface area contributed by atoms with Gasteiger partial charge in [0.1, 0.15) is 0 Å². The van der Waals surface area contributed by atoms with E-state index in [1.807, 2.05) is 0 Å². The fourth-order valence-electron chi connectivity index (χ4n) is 9.81. The SMILES string of the molecule is C1=CC2=C(CC1)c1ccc(-c3cc(C4=CC=C(c5ccccc5)CC4)nc(-c4ccc5ccccc5c4)n3)cc1C21C2=C(C=CCC2)c2ccccc21. The molecule has 0 aliphatic heterocycles. The van der Waals surface area contributed by atoms with E-state index in [0.717, 1.165) is 66.9 Å². The molecule has 2 heteroatoms. The van der Waals surface area contributed by atoms with Crippen LogP contribution in [0.2, 0.25) is 0 Å². The van der Waals surface area contributed by atoms with Gasteiger partial charge >= 0.3 is 0 Å². The van der Waals surface area contributed by atoms with Crippen molar-refractivity contribution in [3.05, 3.63) is 202 Å². The normalized spacial score (nSPS) is 19.6. The Balaban J connectivity index is 1.11. The van der Waals surface area contributed by atoms with Gasteiger partial charge in [-0.1, -0.05) is 140 Å². The van der Waals surface area contributed by atoms with E-state index in [1.165, 1.54) is 66.5 Å². The summed E-state index contributed by atoms with van der Waals surface area (Å²) in [5.74, 6) is 0.770. The molecule has 11 rings (SSSR count). The van der Waals surface area contributed by atoms with Crippen molar-refractivity contribution in [3.8, 4) is 22.6 Å². The first-order chi connectivity index (χ1) is 26.3. The monoisotopic (exact) mass is 678 g/mol. The zero-order valence-corrected chi connectivity index (χ0v) is 29.6. The minimum Gasteiger partial charge on any atom is -0.228 e. The summed E-state index contributed by atoms with van der Waals surface area (Å²) >= 11 is 0. The number of fused-ring (bicyclic) bond motifs is 9. The molecule has 1 aromatic heterocycles. The van der Waals surface area contributed by atoms with Crippen molar-refractivity contribution in [2.45, 2.75) is 43.9 Å². The van der Waals surface area contributed by atoms with Crippen LogP contribution in [0.25, 0.3) is 55.7 Å². The maximum Gasteiger partial charge on any atom is 0.160 e. The second-order valence-electron chi connectivity index (χ2n) is 15.0. The Hall–Kier alpha value is -6.12. The third kappa shape index (κ3) is 4.65. The van der Waals surface area contributed by atoms with Crippen molar-refractivity contribution in [2.75, 3.05) is 0 Å². The van der Waals surface area contributed by atoms with Crippen LogP contribution in [0.1, 0.15) is 72.0 Å². The molecule has 53 heavy (non-hydrogen) atoms. The lowest BCUT2D eigenvalue weighted by atomic mass is 9.66. The topological polar surface area (TPSA) is 25.8 Å². The van der Waals surface area contributed by atoms with Crippen LogP contribution >= 0.6 is 0 Å². The molecule has 5 aromatic carbocycles. The molecule has 0 saturated heterocycles. The Morgan fingerprint density at radius 2 is 1.25 bits per heavy atom. The molecular formula is C51H38N2. The fraction of sp³-hybridized carbons (Fsp3) is 0.137. The van der Waals surface area contributed by atoms with Gasteiger partial charge in [0.2, 0.25) is 0 Å². The second kappa shape index (κ2) is 12.0. The number of hydrogen-bond acceptors (Lipinski definition) is 2. The van der Waals surface area contributed by atoms with Gasteiger partial charge in [0, 0.05) is 11.1 Å². The van der Waals surface area contributed by atoms with E-state index in [0.29, 0.717) is 0 Å². The summed E-state index contributed by atoms with van der Waals surface area (Å²) in [5, 5.41) is 2.42. The molecule has 1 heterocycles. The fourth-order valence-corrected chi connectivity index (χ4v) is 9.81. The zero-order chi connectivity index (χ0) is 34.9. The first-order valence-electron chi connectivity index (χ1n) is 19.1. The lowest BCUT2D eigenvalue weighted by molar-refractivity contribution is 0.706. The van der Waals surface area contributed by atoms with Gasteiger partial charge in [-0.2, -0.15) is 0 Å². The highest BCUT2D eigenvalue weighted by atomic mass is 14.9. The summed E-state index contributed by atoms with van der Waals surface area (Å²) in [7, 11) is 0. The highest BCUT2D eigenvalue weighted by Crippen LogP contribution is 2.64.